The molecular formula is C60H46N2. The summed E-state index contributed by atoms with van der Waals surface area (Å²) in [4.78, 5) is 10.3. The first-order valence-corrected chi connectivity index (χ1v) is 22.6. The highest BCUT2D eigenvalue weighted by atomic mass is 14.9. The minimum Gasteiger partial charge on any atom is -0.228 e. The molecule has 296 valence electrons. The number of hydrogen-bond donors (Lipinski definition) is 0. The minimum atomic E-state index is 0.130. The van der Waals surface area contributed by atoms with Crippen molar-refractivity contribution in [1.29, 1.82) is 0 Å². The van der Waals surface area contributed by atoms with Crippen molar-refractivity contribution in [3.05, 3.63) is 205 Å². The average Bonchev–Trinajstić information content (AvgIpc) is 3.62. The van der Waals surface area contributed by atoms with Crippen LogP contribution in [0.25, 0.3) is 89.2 Å². The molecule has 4 bridgehead atoms. The molecule has 5 aliphatic carbocycles. The van der Waals surface area contributed by atoms with E-state index >= 15 is 0 Å². The SMILES string of the molecule is c1ccc(-c2ccc(-c3cc(-c4cccc(-c5ccc(-c6cccc7c6-c6cc8ccccc8cc6C76C7CC8CC(C7)CC6C8)cc5)c4)nc(-c4ccccc4)n3)cc2)cc1. The lowest BCUT2D eigenvalue weighted by Crippen LogP contribution is -2.55. The molecule has 0 saturated heterocycles. The van der Waals surface area contributed by atoms with Crippen LogP contribution in [-0.4, -0.2) is 9.97 Å². The predicted molar refractivity (Wildman–Crippen MR) is 255 cm³/mol. The summed E-state index contributed by atoms with van der Waals surface area (Å²) in [5.41, 5.74) is 18.7. The van der Waals surface area contributed by atoms with Crippen molar-refractivity contribution in [3.8, 4) is 78.4 Å². The van der Waals surface area contributed by atoms with Crippen LogP contribution in [0.15, 0.2) is 194 Å². The number of benzene rings is 8. The molecule has 8 aromatic carbocycles. The predicted octanol–water partition coefficient (Wildman–Crippen LogP) is 15.4. The van der Waals surface area contributed by atoms with Crippen molar-refractivity contribution in [2.24, 2.45) is 23.7 Å². The maximum absolute atomic E-state index is 5.18. The Morgan fingerprint density at radius 3 is 1.55 bits per heavy atom. The Morgan fingerprint density at radius 1 is 0.339 bits per heavy atom. The molecule has 1 aromatic heterocycles. The summed E-state index contributed by atoms with van der Waals surface area (Å²) in [6, 6.07) is 71.3. The Kier molecular flexibility index (Phi) is 8.13. The molecule has 1 heterocycles. The van der Waals surface area contributed by atoms with E-state index in [1.54, 1.807) is 11.1 Å². The number of aromatic nitrogens is 2. The number of rotatable bonds is 6. The summed E-state index contributed by atoms with van der Waals surface area (Å²) < 4.78 is 0. The first kappa shape index (κ1) is 35.8. The molecule has 0 radical (unpaired) electrons. The van der Waals surface area contributed by atoms with Gasteiger partial charge < -0.3 is 0 Å². The lowest BCUT2D eigenvalue weighted by Gasteiger charge is -2.61. The highest BCUT2D eigenvalue weighted by Crippen LogP contribution is 2.70. The van der Waals surface area contributed by atoms with Gasteiger partial charge in [0, 0.05) is 22.1 Å². The fourth-order valence-corrected chi connectivity index (χ4v) is 12.8. The normalized spacial score (nSPS) is 21.6. The molecule has 4 fully saturated rings. The van der Waals surface area contributed by atoms with E-state index in [0.717, 1.165) is 57.6 Å². The molecule has 2 nitrogen and oxygen atoms in total. The van der Waals surface area contributed by atoms with Gasteiger partial charge in [-0.3, -0.25) is 0 Å². The third kappa shape index (κ3) is 5.62. The Hall–Kier alpha value is -6.90. The van der Waals surface area contributed by atoms with E-state index in [0.29, 0.717) is 0 Å². The molecule has 0 N–H and O–H groups in total. The van der Waals surface area contributed by atoms with Gasteiger partial charge in [-0.15, -0.1) is 0 Å². The van der Waals surface area contributed by atoms with Crippen molar-refractivity contribution in [2.75, 3.05) is 0 Å². The Labute approximate surface area is 364 Å². The molecule has 5 aliphatic rings. The van der Waals surface area contributed by atoms with Crippen LogP contribution in [0.1, 0.15) is 43.2 Å². The van der Waals surface area contributed by atoms with Gasteiger partial charge in [0.2, 0.25) is 0 Å². The molecule has 1 spiro atoms. The van der Waals surface area contributed by atoms with Gasteiger partial charge in [0.1, 0.15) is 0 Å². The Balaban J connectivity index is 0.877. The second-order valence-electron chi connectivity index (χ2n) is 18.6. The van der Waals surface area contributed by atoms with Crippen molar-refractivity contribution >= 4 is 10.8 Å². The molecule has 0 atom stereocenters. The summed E-state index contributed by atoms with van der Waals surface area (Å²) in [6.07, 6.45) is 7.03. The van der Waals surface area contributed by atoms with Gasteiger partial charge in [0.05, 0.1) is 11.4 Å². The maximum Gasteiger partial charge on any atom is 0.160 e. The van der Waals surface area contributed by atoms with Crippen molar-refractivity contribution in [2.45, 2.75) is 37.5 Å². The number of fused-ring (bicyclic) bond motifs is 4. The number of nitrogens with zero attached hydrogens (tertiary/aromatic N) is 2. The van der Waals surface area contributed by atoms with Gasteiger partial charge in [0.25, 0.3) is 0 Å². The fourth-order valence-electron chi connectivity index (χ4n) is 12.8. The van der Waals surface area contributed by atoms with E-state index in [-0.39, 0.29) is 5.41 Å². The van der Waals surface area contributed by atoms with Crippen LogP contribution in [0.5, 0.6) is 0 Å². The second-order valence-corrected chi connectivity index (χ2v) is 18.6. The zero-order valence-corrected chi connectivity index (χ0v) is 34.7. The molecule has 2 heteroatoms. The first-order valence-electron chi connectivity index (χ1n) is 22.6. The summed E-state index contributed by atoms with van der Waals surface area (Å²) in [7, 11) is 0. The summed E-state index contributed by atoms with van der Waals surface area (Å²) in [5.74, 6) is 4.04. The molecule has 9 aromatic rings. The molecule has 0 aliphatic heterocycles. The van der Waals surface area contributed by atoms with Crippen LogP contribution in [0.4, 0.5) is 0 Å². The monoisotopic (exact) mass is 794 g/mol. The van der Waals surface area contributed by atoms with E-state index in [4.69, 9.17) is 9.97 Å². The van der Waals surface area contributed by atoms with E-state index < -0.39 is 0 Å². The van der Waals surface area contributed by atoms with Gasteiger partial charge >= 0.3 is 0 Å². The van der Waals surface area contributed by atoms with Crippen LogP contribution in [0, 0.1) is 23.7 Å². The average molecular weight is 795 g/mol. The molecule has 4 saturated carbocycles. The highest BCUT2D eigenvalue weighted by Gasteiger charge is 2.61. The Bertz CT molecular complexity index is 3140. The van der Waals surface area contributed by atoms with E-state index in [9.17, 15) is 0 Å². The molecule has 62 heavy (non-hydrogen) atoms. The summed E-state index contributed by atoms with van der Waals surface area (Å²) in [6.45, 7) is 0. The van der Waals surface area contributed by atoms with Gasteiger partial charge in [0.15, 0.2) is 5.82 Å². The van der Waals surface area contributed by atoms with Crippen LogP contribution in [-0.2, 0) is 5.41 Å². The van der Waals surface area contributed by atoms with E-state index in [2.05, 4.69) is 188 Å². The quantitative estimate of drug-likeness (QED) is 0.168. The number of hydrogen-bond acceptors (Lipinski definition) is 2. The minimum absolute atomic E-state index is 0.130. The third-order valence-corrected chi connectivity index (χ3v) is 15.3. The zero-order chi connectivity index (χ0) is 40.8. The summed E-state index contributed by atoms with van der Waals surface area (Å²) >= 11 is 0. The first-order chi connectivity index (χ1) is 30.7. The Morgan fingerprint density at radius 2 is 0.855 bits per heavy atom. The van der Waals surface area contributed by atoms with Crippen molar-refractivity contribution in [3.63, 3.8) is 0 Å². The molecular weight excluding hydrogens is 749 g/mol. The largest absolute Gasteiger partial charge is 0.228 e. The fraction of sp³-hybridized carbons (Fsp3) is 0.167. The van der Waals surface area contributed by atoms with Gasteiger partial charge in [-0.25, -0.2) is 9.97 Å². The second kappa shape index (κ2) is 14.1. The van der Waals surface area contributed by atoms with Crippen molar-refractivity contribution < 1.29 is 0 Å². The lowest BCUT2D eigenvalue weighted by molar-refractivity contribution is -0.0398. The standard InChI is InChI=1S/C60H46N2/c1-3-11-40(12-4-1)41-23-27-44(28-24-41)56-37-57(62-59(61-56)45-13-5-2-6-14-45)49-18-9-17-46(34-49)42-21-25-43(26-22-42)52-19-10-20-54-58(52)53-35-47-15-7-8-16-48(47)36-55(53)60(54)50-30-38-29-39(32-50)33-51(60)31-38/h1-28,34-39,50-51H,29-33H2. The molecule has 0 unspecified atom stereocenters. The third-order valence-electron chi connectivity index (χ3n) is 15.3. The highest BCUT2D eigenvalue weighted by molar-refractivity contribution is 5.99. The molecule has 0 amide bonds. The van der Waals surface area contributed by atoms with Crippen LogP contribution in [0.3, 0.4) is 0 Å². The van der Waals surface area contributed by atoms with Gasteiger partial charge in [-0.2, -0.15) is 0 Å². The van der Waals surface area contributed by atoms with Crippen LogP contribution in [0.2, 0.25) is 0 Å². The maximum atomic E-state index is 5.18. The smallest absolute Gasteiger partial charge is 0.160 e. The van der Waals surface area contributed by atoms with E-state index in [1.807, 2.05) is 6.07 Å². The van der Waals surface area contributed by atoms with Crippen LogP contribution >= 0.6 is 0 Å². The van der Waals surface area contributed by atoms with Crippen molar-refractivity contribution in [1.82, 2.24) is 9.97 Å². The van der Waals surface area contributed by atoms with E-state index in [1.165, 1.54) is 87.4 Å². The van der Waals surface area contributed by atoms with Gasteiger partial charge in [-0.05, 0) is 146 Å². The lowest BCUT2D eigenvalue weighted by atomic mass is 9.43. The summed E-state index contributed by atoms with van der Waals surface area (Å²) in [5, 5.41) is 2.73. The van der Waals surface area contributed by atoms with Gasteiger partial charge in [-0.1, -0.05) is 170 Å². The molecule has 14 rings (SSSR count). The zero-order valence-electron chi connectivity index (χ0n) is 34.7. The topological polar surface area (TPSA) is 25.8 Å². The van der Waals surface area contributed by atoms with Crippen LogP contribution < -0.4 is 0 Å².